The first-order valence-electron chi connectivity index (χ1n) is 6.05. The van der Waals surface area contributed by atoms with Crippen LogP contribution in [0, 0.1) is 0 Å². The number of nitrogens with zero attached hydrogens (tertiary/aromatic N) is 2. The van der Waals surface area contributed by atoms with Gasteiger partial charge in [0.25, 0.3) is 0 Å². The van der Waals surface area contributed by atoms with E-state index in [1.165, 1.54) is 12.0 Å². The van der Waals surface area contributed by atoms with Crippen LogP contribution in [0.5, 0.6) is 0 Å². The lowest BCUT2D eigenvalue weighted by Crippen LogP contribution is -2.47. The van der Waals surface area contributed by atoms with Crippen molar-refractivity contribution < 1.29 is 19.4 Å². The van der Waals surface area contributed by atoms with Gasteiger partial charge in [-0.05, 0) is 0 Å². The lowest BCUT2D eigenvalue weighted by molar-refractivity contribution is -0.160. The second-order valence-corrected chi connectivity index (χ2v) is 4.44. The monoisotopic (exact) mass is 268 g/mol. The fourth-order valence-electron chi connectivity index (χ4n) is 2.12. The molecule has 2 amide bonds. The average molecular weight is 268 g/mol. The fraction of sp³-hybridized carbons (Fsp3) is 0.538. The topological polar surface area (TPSA) is 70.1 Å². The number of urea groups is 1. The van der Waals surface area contributed by atoms with Crippen molar-refractivity contribution in [1.29, 1.82) is 0 Å². The fourth-order valence-corrected chi connectivity index (χ4v) is 2.12. The zero-order valence-corrected chi connectivity index (χ0v) is 11.2. The van der Waals surface area contributed by atoms with E-state index in [0.29, 0.717) is 26.1 Å². The van der Waals surface area contributed by atoms with Gasteiger partial charge in [0.05, 0.1) is 6.54 Å². The molecule has 0 aromatic carbocycles. The molecule has 6 nitrogen and oxygen atoms in total. The van der Waals surface area contributed by atoms with Crippen LogP contribution in [0.1, 0.15) is 6.42 Å². The molecule has 1 fully saturated rings. The van der Waals surface area contributed by atoms with Crippen LogP contribution in [0.3, 0.4) is 0 Å². The van der Waals surface area contributed by atoms with E-state index in [4.69, 9.17) is 4.74 Å². The van der Waals surface area contributed by atoms with Crippen molar-refractivity contribution in [3.8, 4) is 0 Å². The van der Waals surface area contributed by atoms with E-state index in [1.807, 2.05) is 0 Å². The molecule has 1 unspecified atom stereocenters. The van der Waals surface area contributed by atoms with Gasteiger partial charge < -0.3 is 19.6 Å². The highest BCUT2D eigenvalue weighted by Crippen LogP contribution is 2.26. The van der Waals surface area contributed by atoms with E-state index in [9.17, 15) is 14.7 Å². The zero-order valence-electron chi connectivity index (χ0n) is 11.2. The van der Waals surface area contributed by atoms with Gasteiger partial charge in [0.15, 0.2) is 5.60 Å². The van der Waals surface area contributed by atoms with Gasteiger partial charge in [-0.25, -0.2) is 9.59 Å². The van der Waals surface area contributed by atoms with Gasteiger partial charge in [0, 0.05) is 33.2 Å². The maximum atomic E-state index is 12.3. The highest BCUT2D eigenvalue weighted by Gasteiger charge is 2.47. The normalized spacial score (nSPS) is 22.1. The van der Waals surface area contributed by atoms with Gasteiger partial charge in [-0.1, -0.05) is 12.2 Å². The SMILES string of the molecule is C=CCN(CC=C)C(=O)N1CCC(OC)(C(=O)O)C1. The van der Waals surface area contributed by atoms with Crippen LogP contribution < -0.4 is 0 Å². The van der Waals surface area contributed by atoms with Crippen LogP contribution >= 0.6 is 0 Å². The summed E-state index contributed by atoms with van der Waals surface area (Å²) in [5.41, 5.74) is -1.29. The number of carboxylic acids is 1. The maximum absolute atomic E-state index is 12.3. The Balaban J connectivity index is 2.76. The first kappa shape index (κ1) is 15.2. The van der Waals surface area contributed by atoms with E-state index in [1.54, 1.807) is 17.1 Å². The lowest BCUT2D eigenvalue weighted by atomic mass is 10.0. The first-order chi connectivity index (χ1) is 9.00. The Kier molecular flexibility index (Phi) is 5.11. The van der Waals surface area contributed by atoms with Crippen LogP contribution in [0.25, 0.3) is 0 Å². The molecule has 0 radical (unpaired) electrons. The largest absolute Gasteiger partial charge is 0.479 e. The van der Waals surface area contributed by atoms with Crippen molar-refractivity contribution in [3.05, 3.63) is 25.3 Å². The third kappa shape index (κ3) is 3.14. The molecule has 0 aromatic rings. The van der Waals surface area contributed by atoms with Gasteiger partial charge in [0.1, 0.15) is 0 Å². The van der Waals surface area contributed by atoms with Gasteiger partial charge in [-0.15, -0.1) is 13.2 Å². The summed E-state index contributed by atoms with van der Waals surface area (Å²) in [6, 6.07) is -0.222. The molecular formula is C13H20N2O4. The van der Waals surface area contributed by atoms with E-state index in [-0.39, 0.29) is 12.6 Å². The molecular weight excluding hydrogens is 248 g/mol. The van der Waals surface area contributed by atoms with Crippen molar-refractivity contribution in [1.82, 2.24) is 9.80 Å². The molecule has 1 heterocycles. The van der Waals surface area contributed by atoms with E-state index in [0.717, 1.165) is 0 Å². The third-order valence-electron chi connectivity index (χ3n) is 3.25. The highest BCUT2D eigenvalue weighted by molar-refractivity contribution is 5.82. The van der Waals surface area contributed by atoms with Crippen molar-refractivity contribution in [2.75, 3.05) is 33.3 Å². The first-order valence-corrected chi connectivity index (χ1v) is 6.05. The van der Waals surface area contributed by atoms with Gasteiger partial charge in [-0.3, -0.25) is 0 Å². The van der Waals surface area contributed by atoms with Crippen LogP contribution in [-0.4, -0.2) is 65.8 Å². The molecule has 1 N–H and O–H groups in total. The number of rotatable bonds is 6. The standard InChI is InChI=1S/C13H20N2O4/c1-4-7-14(8-5-2)12(18)15-9-6-13(10-15,19-3)11(16)17/h4-5H,1-2,6-10H2,3H3,(H,16,17). The van der Waals surface area contributed by atoms with Gasteiger partial charge >= 0.3 is 12.0 Å². The molecule has 0 spiro atoms. The van der Waals surface area contributed by atoms with Gasteiger partial charge in [0.2, 0.25) is 0 Å². The predicted octanol–water partition coefficient (Wildman–Crippen LogP) is 0.956. The Morgan fingerprint density at radius 1 is 1.42 bits per heavy atom. The molecule has 1 aliphatic rings. The number of likely N-dealkylation sites (tertiary alicyclic amines) is 1. The number of hydrogen-bond acceptors (Lipinski definition) is 3. The maximum Gasteiger partial charge on any atom is 0.337 e. The summed E-state index contributed by atoms with van der Waals surface area (Å²) < 4.78 is 5.09. The number of aliphatic carboxylic acids is 1. The Hall–Kier alpha value is -1.82. The van der Waals surface area contributed by atoms with Crippen molar-refractivity contribution in [2.24, 2.45) is 0 Å². The number of carbonyl (C=O) groups is 2. The van der Waals surface area contributed by atoms with Crippen LogP contribution in [0.2, 0.25) is 0 Å². The summed E-state index contributed by atoms with van der Waals surface area (Å²) in [4.78, 5) is 26.5. The number of ether oxygens (including phenoxy) is 1. The van der Waals surface area contributed by atoms with Crippen molar-refractivity contribution >= 4 is 12.0 Å². The molecule has 106 valence electrons. The Bertz CT molecular complexity index is 373. The third-order valence-corrected chi connectivity index (χ3v) is 3.25. The Morgan fingerprint density at radius 3 is 2.37 bits per heavy atom. The van der Waals surface area contributed by atoms with Crippen molar-refractivity contribution in [3.63, 3.8) is 0 Å². The zero-order chi connectivity index (χ0) is 14.5. The summed E-state index contributed by atoms with van der Waals surface area (Å²) in [6.45, 7) is 8.42. The second kappa shape index (κ2) is 6.38. The molecule has 1 aliphatic heterocycles. The molecule has 0 aliphatic carbocycles. The minimum absolute atomic E-state index is 0.0580. The number of carbonyl (C=O) groups excluding carboxylic acids is 1. The van der Waals surface area contributed by atoms with E-state index in [2.05, 4.69) is 13.2 Å². The summed E-state index contributed by atoms with van der Waals surface area (Å²) in [5.74, 6) is -1.04. The predicted molar refractivity (Wildman–Crippen MR) is 70.9 cm³/mol. The average Bonchev–Trinajstić information content (AvgIpc) is 2.83. The van der Waals surface area contributed by atoms with Gasteiger partial charge in [-0.2, -0.15) is 0 Å². The number of hydrogen-bond donors (Lipinski definition) is 1. The van der Waals surface area contributed by atoms with Crippen LogP contribution in [0.4, 0.5) is 4.79 Å². The molecule has 0 bridgehead atoms. The Morgan fingerprint density at radius 2 is 2.00 bits per heavy atom. The van der Waals surface area contributed by atoms with Crippen molar-refractivity contribution in [2.45, 2.75) is 12.0 Å². The highest BCUT2D eigenvalue weighted by atomic mass is 16.5. The summed E-state index contributed by atoms with van der Waals surface area (Å²) >= 11 is 0. The summed E-state index contributed by atoms with van der Waals surface area (Å²) in [5, 5.41) is 9.20. The summed E-state index contributed by atoms with van der Waals surface area (Å²) in [6.07, 6.45) is 3.54. The smallest absolute Gasteiger partial charge is 0.337 e. The second-order valence-electron chi connectivity index (χ2n) is 4.44. The summed E-state index contributed by atoms with van der Waals surface area (Å²) in [7, 11) is 1.35. The molecule has 0 aromatic heterocycles. The number of amides is 2. The van der Waals surface area contributed by atoms with Crippen LogP contribution in [-0.2, 0) is 9.53 Å². The lowest BCUT2D eigenvalue weighted by Gasteiger charge is -2.27. The number of methoxy groups -OCH3 is 1. The molecule has 0 saturated carbocycles. The molecule has 1 rings (SSSR count). The Labute approximate surface area is 112 Å². The molecule has 1 atom stereocenters. The van der Waals surface area contributed by atoms with Crippen LogP contribution in [0.15, 0.2) is 25.3 Å². The minimum Gasteiger partial charge on any atom is -0.479 e. The molecule has 1 saturated heterocycles. The molecule has 6 heteroatoms. The molecule has 19 heavy (non-hydrogen) atoms. The van der Waals surface area contributed by atoms with E-state index < -0.39 is 11.6 Å². The minimum atomic E-state index is -1.29. The number of carboxylic acid groups (broad SMARTS) is 1. The van der Waals surface area contributed by atoms with E-state index >= 15 is 0 Å². The quantitative estimate of drug-likeness (QED) is 0.728.